The molecule has 0 aliphatic carbocycles. The molecule has 1 atom stereocenters. The van der Waals surface area contributed by atoms with Gasteiger partial charge in [-0.1, -0.05) is 13.0 Å². The van der Waals surface area contributed by atoms with Gasteiger partial charge in [-0.3, -0.25) is 14.6 Å². The highest BCUT2D eigenvalue weighted by atomic mass is 32.2. The van der Waals surface area contributed by atoms with Crippen LogP contribution >= 0.6 is 11.8 Å². The first-order chi connectivity index (χ1) is 17.2. The molecule has 4 rings (SSSR count). The van der Waals surface area contributed by atoms with E-state index in [4.69, 9.17) is 4.74 Å². The van der Waals surface area contributed by atoms with Gasteiger partial charge in [0.1, 0.15) is 11.3 Å². The number of hydrogen-bond donors (Lipinski definition) is 2. The summed E-state index contributed by atoms with van der Waals surface area (Å²) < 4.78 is 43.9. The fourth-order valence-electron chi connectivity index (χ4n) is 3.97. The molecule has 0 saturated carbocycles. The minimum Gasteiger partial charge on any atom is -0.484 e. The van der Waals surface area contributed by atoms with Gasteiger partial charge >= 0.3 is 6.18 Å². The Labute approximate surface area is 208 Å². The summed E-state index contributed by atoms with van der Waals surface area (Å²) >= 11 is 1.34. The van der Waals surface area contributed by atoms with Gasteiger partial charge in [-0.2, -0.15) is 34.7 Å². The van der Waals surface area contributed by atoms with Crippen LogP contribution in [0.3, 0.4) is 0 Å². The third-order valence-electron chi connectivity index (χ3n) is 5.46. The second-order valence-corrected chi connectivity index (χ2v) is 8.84. The molecular weight excluding hydrogens is 497 g/mol. The number of carbonyl (C=O) groups excluding carboxylic acids is 2. The van der Waals surface area contributed by atoms with E-state index in [1.54, 1.807) is 18.4 Å². The van der Waals surface area contributed by atoms with Crippen molar-refractivity contribution in [3.8, 4) is 11.6 Å². The fourth-order valence-corrected chi connectivity index (χ4v) is 4.31. The number of nitrogens with zero attached hydrogens (tertiary/aromatic N) is 4. The highest BCUT2D eigenvalue weighted by Crippen LogP contribution is 2.34. The van der Waals surface area contributed by atoms with Crippen molar-refractivity contribution in [3.63, 3.8) is 0 Å². The molecule has 2 N–H and O–H groups in total. The number of hydrogen-bond acceptors (Lipinski definition) is 7. The largest absolute Gasteiger partial charge is 0.484 e. The van der Waals surface area contributed by atoms with Crippen molar-refractivity contribution in [2.24, 2.45) is 0 Å². The zero-order chi connectivity index (χ0) is 25.9. The Morgan fingerprint density at radius 3 is 2.81 bits per heavy atom. The number of aryl methyl sites for hydroxylation is 1. The highest BCUT2D eigenvalue weighted by Gasteiger charge is 2.34. The first-order valence-electron chi connectivity index (χ1n) is 11.0. The normalized spacial score (nSPS) is 15.2. The van der Waals surface area contributed by atoms with E-state index < -0.39 is 24.7 Å². The third kappa shape index (κ3) is 5.61. The minimum absolute atomic E-state index is 0.0986. The second kappa shape index (κ2) is 10.6. The lowest BCUT2D eigenvalue weighted by molar-refractivity contribution is -0.153. The van der Waals surface area contributed by atoms with Gasteiger partial charge in [0.15, 0.2) is 18.2 Å². The molecule has 2 aromatic heterocycles. The van der Waals surface area contributed by atoms with Crippen molar-refractivity contribution in [1.29, 1.82) is 0 Å². The molecule has 3 heterocycles. The molecule has 13 heteroatoms. The maximum atomic E-state index is 13.2. The van der Waals surface area contributed by atoms with Gasteiger partial charge in [0, 0.05) is 18.8 Å². The van der Waals surface area contributed by atoms with Crippen molar-refractivity contribution in [2.75, 3.05) is 23.9 Å². The summed E-state index contributed by atoms with van der Waals surface area (Å²) in [4.78, 5) is 33.9. The summed E-state index contributed by atoms with van der Waals surface area (Å²) in [5.41, 5.74) is 2.17. The van der Waals surface area contributed by atoms with Crippen LogP contribution in [-0.2, 0) is 17.6 Å². The van der Waals surface area contributed by atoms with Crippen molar-refractivity contribution >= 4 is 29.4 Å². The predicted molar refractivity (Wildman–Crippen MR) is 127 cm³/mol. The smallest absolute Gasteiger partial charge is 0.422 e. The quantitative estimate of drug-likeness (QED) is 0.468. The van der Waals surface area contributed by atoms with Crippen LogP contribution in [0.4, 0.5) is 19.0 Å². The number of ether oxygens (including phenoxy) is 1. The van der Waals surface area contributed by atoms with E-state index in [-0.39, 0.29) is 28.8 Å². The molecular formula is C23H23F3N6O3S. The van der Waals surface area contributed by atoms with E-state index in [2.05, 4.69) is 25.7 Å². The SMILES string of the molecule is CCc1cc(OCC(F)(F)F)ccc1C1Cc2nn(-c3cnccn3)c(NC(=O)CSC)c2C(=O)N1. The van der Waals surface area contributed by atoms with E-state index in [0.717, 1.165) is 11.1 Å². The van der Waals surface area contributed by atoms with Crippen LogP contribution in [0, 0.1) is 0 Å². The number of halogens is 3. The number of carbonyl (C=O) groups is 2. The molecule has 0 bridgehead atoms. The van der Waals surface area contributed by atoms with Crippen molar-refractivity contribution in [2.45, 2.75) is 32.0 Å². The lowest BCUT2D eigenvalue weighted by Gasteiger charge is -2.26. The number of alkyl halides is 3. The number of benzene rings is 1. The summed E-state index contributed by atoms with van der Waals surface area (Å²) in [6.45, 7) is 0.481. The molecule has 1 aromatic carbocycles. The fraction of sp³-hybridized carbons (Fsp3) is 0.348. The Bertz CT molecular complexity index is 1270. The van der Waals surface area contributed by atoms with Gasteiger partial charge in [-0.25, -0.2) is 4.98 Å². The molecule has 1 aliphatic rings. The number of nitrogens with one attached hydrogen (secondary N) is 2. The average Bonchev–Trinajstić information content (AvgIpc) is 3.21. The summed E-state index contributed by atoms with van der Waals surface area (Å²) in [5.74, 6) is 0.0841. The molecule has 190 valence electrons. The summed E-state index contributed by atoms with van der Waals surface area (Å²) in [6, 6.07) is 4.18. The lowest BCUT2D eigenvalue weighted by Crippen LogP contribution is -2.36. The predicted octanol–water partition coefficient (Wildman–Crippen LogP) is 3.49. The van der Waals surface area contributed by atoms with E-state index in [1.165, 1.54) is 41.1 Å². The van der Waals surface area contributed by atoms with Crippen molar-refractivity contribution in [1.82, 2.24) is 25.1 Å². The van der Waals surface area contributed by atoms with Gasteiger partial charge in [-0.05, 0) is 35.9 Å². The van der Waals surface area contributed by atoms with Gasteiger partial charge in [-0.15, -0.1) is 0 Å². The Morgan fingerprint density at radius 2 is 2.14 bits per heavy atom. The Kier molecular flexibility index (Phi) is 7.48. The van der Waals surface area contributed by atoms with E-state index >= 15 is 0 Å². The minimum atomic E-state index is -4.44. The molecule has 3 aromatic rings. The molecule has 0 fully saturated rings. The van der Waals surface area contributed by atoms with Crippen LogP contribution in [-0.4, -0.2) is 56.4 Å². The highest BCUT2D eigenvalue weighted by molar-refractivity contribution is 7.99. The number of anilines is 1. The van der Waals surface area contributed by atoms with Crippen molar-refractivity contribution in [3.05, 3.63) is 59.2 Å². The van der Waals surface area contributed by atoms with Gasteiger partial charge < -0.3 is 15.4 Å². The van der Waals surface area contributed by atoms with Crippen molar-refractivity contribution < 1.29 is 27.5 Å². The first kappa shape index (κ1) is 25.5. The van der Waals surface area contributed by atoms with E-state index in [1.807, 2.05) is 6.92 Å². The summed E-state index contributed by atoms with van der Waals surface area (Å²) in [6.07, 6.45) is 2.60. The van der Waals surface area contributed by atoms with Gasteiger partial charge in [0.2, 0.25) is 5.91 Å². The van der Waals surface area contributed by atoms with Crippen LogP contribution in [0.25, 0.3) is 5.82 Å². The zero-order valence-corrected chi connectivity index (χ0v) is 20.2. The summed E-state index contributed by atoms with van der Waals surface area (Å²) in [5, 5.41) is 10.3. The van der Waals surface area contributed by atoms with Crippen LogP contribution in [0.15, 0.2) is 36.8 Å². The van der Waals surface area contributed by atoms with Gasteiger partial charge in [0.05, 0.1) is 23.7 Å². The molecule has 0 radical (unpaired) electrons. The average molecular weight is 521 g/mol. The maximum Gasteiger partial charge on any atom is 0.422 e. The topological polar surface area (TPSA) is 111 Å². The van der Waals surface area contributed by atoms with Gasteiger partial charge in [0.25, 0.3) is 5.91 Å². The maximum absolute atomic E-state index is 13.2. The van der Waals surface area contributed by atoms with Crippen LogP contribution in [0.2, 0.25) is 0 Å². The van der Waals surface area contributed by atoms with Crippen LogP contribution < -0.4 is 15.4 Å². The number of aromatic nitrogens is 4. The third-order valence-corrected chi connectivity index (χ3v) is 6.01. The summed E-state index contributed by atoms with van der Waals surface area (Å²) in [7, 11) is 0. The Hall–Kier alpha value is -3.61. The monoisotopic (exact) mass is 520 g/mol. The van der Waals surface area contributed by atoms with E-state index in [0.29, 0.717) is 24.4 Å². The lowest BCUT2D eigenvalue weighted by atomic mass is 9.91. The molecule has 0 saturated heterocycles. The molecule has 1 aliphatic heterocycles. The Balaban J connectivity index is 1.68. The molecule has 9 nitrogen and oxygen atoms in total. The van der Waals surface area contributed by atoms with E-state index in [9.17, 15) is 22.8 Å². The standard InChI is InChI=1S/C23H23F3N6O3S/c1-3-13-8-14(35-12-23(24,25)26)4-5-15(13)16-9-17-20(22(34)29-16)21(30-19(33)11-36-2)32(31-17)18-10-27-6-7-28-18/h4-8,10,16H,3,9,11-12H2,1-2H3,(H,29,34)(H,30,33). The molecule has 36 heavy (non-hydrogen) atoms. The first-order valence-corrected chi connectivity index (χ1v) is 12.4. The molecule has 2 amide bonds. The molecule has 0 spiro atoms. The number of fused-ring (bicyclic) bond motifs is 1. The van der Waals surface area contributed by atoms with Crippen LogP contribution in [0.5, 0.6) is 5.75 Å². The zero-order valence-electron chi connectivity index (χ0n) is 19.4. The van der Waals surface area contributed by atoms with Crippen LogP contribution in [0.1, 0.15) is 40.1 Å². The number of thioether (sulfide) groups is 1. The Morgan fingerprint density at radius 1 is 1.33 bits per heavy atom. The number of amides is 2. The second-order valence-electron chi connectivity index (χ2n) is 7.98. The number of rotatable bonds is 8. The molecule has 1 unspecified atom stereocenters.